The number of anilines is 1. The van der Waals surface area contributed by atoms with E-state index in [1.165, 1.54) is 0 Å². The van der Waals surface area contributed by atoms with Crippen LogP contribution in [0.2, 0.25) is 0 Å². The summed E-state index contributed by atoms with van der Waals surface area (Å²) in [4.78, 5) is 16.8. The summed E-state index contributed by atoms with van der Waals surface area (Å²) in [5, 5.41) is 2.95. The van der Waals surface area contributed by atoms with E-state index in [1.54, 1.807) is 18.2 Å². The Hall–Kier alpha value is -1.11. The summed E-state index contributed by atoms with van der Waals surface area (Å²) in [6.45, 7) is 6.23. The van der Waals surface area contributed by atoms with E-state index < -0.39 is 0 Å². The molecule has 1 aromatic rings. The lowest BCUT2D eigenvalue weighted by molar-refractivity contribution is 0.0949. The van der Waals surface area contributed by atoms with E-state index in [0.717, 1.165) is 43.6 Å². The maximum absolute atomic E-state index is 12.0. The lowest BCUT2D eigenvalue weighted by Crippen LogP contribution is -2.45. The van der Waals surface area contributed by atoms with Gasteiger partial charge in [-0.25, -0.2) is 0 Å². The van der Waals surface area contributed by atoms with Crippen LogP contribution in [0.25, 0.3) is 0 Å². The lowest BCUT2D eigenvalue weighted by Gasteiger charge is -2.32. The van der Waals surface area contributed by atoms with Crippen LogP contribution >= 0.6 is 15.9 Å². The van der Waals surface area contributed by atoms with E-state index in [9.17, 15) is 4.79 Å². The number of likely N-dealkylation sites (N-methyl/N-ethyl adjacent to an activating group) is 1. The highest BCUT2D eigenvalue weighted by Crippen LogP contribution is 2.20. The predicted octanol–water partition coefficient (Wildman–Crippen LogP) is 1.40. The van der Waals surface area contributed by atoms with Gasteiger partial charge in [-0.1, -0.05) is 0 Å². The van der Waals surface area contributed by atoms with E-state index in [0.29, 0.717) is 17.8 Å². The number of hydrogen-bond donors (Lipinski definition) is 2. The third-order valence-corrected chi connectivity index (χ3v) is 4.51. The van der Waals surface area contributed by atoms with Crippen LogP contribution in [-0.4, -0.2) is 62.0 Å². The molecule has 1 amide bonds. The minimum absolute atomic E-state index is 0.0624. The number of halogens is 1. The van der Waals surface area contributed by atoms with Crippen LogP contribution in [0, 0.1) is 0 Å². The maximum atomic E-state index is 12.0. The van der Waals surface area contributed by atoms with Crippen LogP contribution in [-0.2, 0) is 0 Å². The molecule has 0 aliphatic carbocycles. The average molecular weight is 355 g/mol. The van der Waals surface area contributed by atoms with Crippen molar-refractivity contribution in [2.45, 2.75) is 6.42 Å². The Morgan fingerprint density at radius 1 is 1.33 bits per heavy atom. The van der Waals surface area contributed by atoms with Gasteiger partial charge < -0.3 is 20.9 Å². The SMILES string of the molecule is CN1CCN(CCCNC(=O)c2ccc(Br)c(N)c2)CC1. The van der Waals surface area contributed by atoms with Gasteiger partial charge in [0, 0.05) is 48.4 Å². The highest BCUT2D eigenvalue weighted by atomic mass is 79.9. The molecule has 6 heteroatoms. The zero-order chi connectivity index (χ0) is 15.2. The number of carbonyl (C=O) groups excluding carboxylic acids is 1. The van der Waals surface area contributed by atoms with Crippen LogP contribution in [0.3, 0.4) is 0 Å². The largest absolute Gasteiger partial charge is 0.398 e. The number of benzene rings is 1. The Balaban J connectivity index is 1.68. The summed E-state index contributed by atoms with van der Waals surface area (Å²) in [6, 6.07) is 5.27. The first-order chi connectivity index (χ1) is 10.1. The Morgan fingerprint density at radius 3 is 2.71 bits per heavy atom. The van der Waals surface area contributed by atoms with Gasteiger partial charge in [0.15, 0.2) is 0 Å². The molecule has 1 aromatic carbocycles. The van der Waals surface area contributed by atoms with Gasteiger partial charge >= 0.3 is 0 Å². The second-order valence-corrected chi connectivity index (χ2v) is 6.34. The number of piperazine rings is 1. The Morgan fingerprint density at radius 2 is 2.05 bits per heavy atom. The van der Waals surface area contributed by atoms with Crippen LogP contribution in [0.4, 0.5) is 5.69 Å². The van der Waals surface area contributed by atoms with E-state index in [-0.39, 0.29) is 5.91 Å². The van der Waals surface area contributed by atoms with E-state index in [2.05, 4.69) is 38.1 Å². The van der Waals surface area contributed by atoms with Crippen molar-refractivity contribution in [3.63, 3.8) is 0 Å². The van der Waals surface area contributed by atoms with Gasteiger partial charge in [-0.2, -0.15) is 0 Å². The molecular formula is C15H23BrN4O. The summed E-state index contributed by atoms with van der Waals surface area (Å²) < 4.78 is 0.814. The molecule has 0 spiro atoms. The van der Waals surface area contributed by atoms with Crippen molar-refractivity contribution in [2.75, 3.05) is 52.0 Å². The number of nitrogen functional groups attached to an aromatic ring is 1. The molecule has 2 rings (SSSR count). The van der Waals surface area contributed by atoms with E-state index in [1.807, 2.05) is 0 Å². The summed E-state index contributed by atoms with van der Waals surface area (Å²) in [7, 11) is 2.15. The molecule has 0 unspecified atom stereocenters. The van der Waals surface area contributed by atoms with Crippen molar-refractivity contribution < 1.29 is 4.79 Å². The number of carbonyl (C=O) groups is 1. The zero-order valence-corrected chi connectivity index (χ0v) is 14.0. The average Bonchev–Trinajstić information content (AvgIpc) is 2.48. The van der Waals surface area contributed by atoms with Crippen LogP contribution in [0.5, 0.6) is 0 Å². The second kappa shape index (κ2) is 7.77. The van der Waals surface area contributed by atoms with Crippen LogP contribution < -0.4 is 11.1 Å². The van der Waals surface area contributed by atoms with E-state index in [4.69, 9.17) is 5.73 Å². The smallest absolute Gasteiger partial charge is 0.251 e. The Bertz CT molecular complexity index is 487. The third-order valence-electron chi connectivity index (χ3n) is 3.79. The molecule has 1 aliphatic rings. The molecule has 0 atom stereocenters. The number of hydrogen-bond acceptors (Lipinski definition) is 4. The first-order valence-electron chi connectivity index (χ1n) is 7.30. The van der Waals surface area contributed by atoms with Gasteiger partial charge in [0.2, 0.25) is 0 Å². The molecule has 0 radical (unpaired) electrons. The minimum atomic E-state index is -0.0624. The lowest BCUT2D eigenvalue weighted by atomic mass is 10.2. The molecular weight excluding hydrogens is 332 g/mol. The molecule has 1 saturated heterocycles. The molecule has 3 N–H and O–H groups in total. The fourth-order valence-corrected chi connectivity index (χ4v) is 2.61. The van der Waals surface area contributed by atoms with Gasteiger partial charge in [-0.15, -0.1) is 0 Å². The van der Waals surface area contributed by atoms with Crippen molar-refractivity contribution in [1.29, 1.82) is 0 Å². The normalized spacial score (nSPS) is 16.9. The molecule has 1 fully saturated rings. The van der Waals surface area contributed by atoms with Gasteiger partial charge in [0.05, 0.1) is 0 Å². The first-order valence-corrected chi connectivity index (χ1v) is 8.09. The van der Waals surface area contributed by atoms with Crippen molar-refractivity contribution in [3.05, 3.63) is 28.2 Å². The standard InChI is InChI=1S/C15H23BrN4O/c1-19-7-9-20(10-8-19)6-2-5-18-15(21)12-3-4-13(16)14(17)11-12/h3-4,11H,2,5-10,17H2,1H3,(H,18,21). The van der Waals surface area contributed by atoms with Gasteiger partial charge in [-0.3, -0.25) is 4.79 Å². The fourth-order valence-electron chi connectivity index (χ4n) is 2.36. The monoisotopic (exact) mass is 354 g/mol. The number of nitrogens with two attached hydrogens (primary N) is 1. The number of amides is 1. The summed E-state index contributed by atoms with van der Waals surface area (Å²) in [5.74, 6) is -0.0624. The third kappa shape index (κ3) is 4.98. The van der Waals surface area contributed by atoms with Crippen molar-refractivity contribution in [2.24, 2.45) is 0 Å². The summed E-state index contributed by atoms with van der Waals surface area (Å²) >= 11 is 3.32. The second-order valence-electron chi connectivity index (χ2n) is 5.49. The molecule has 1 aliphatic heterocycles. The maximum Gasteiger partial charge on any atom is 0.251 e. The Labute approximate surface area is 134 Å². The molecule has 0 bridgehead atoms. The topological polar surface area (TPSA) is 61.6 Å². The minimum Gasteiger partial charge on any atom is -0.398 e. The first kappa shape index (κ1) is 16.3. The fraction of sp³-hybridized carbons (Fsp3) is 0.533. The van der Waals surface area contributed by atoms with Gasteiger partial charge in [0.25, 0.3) is 5.91 Å². The van der Waals surface area contributed by atoms with Crippen molar-refractivity contribution >= 4 is 27.5 Å². The molecule has 21 heavy (non-hydrogen) atoms. The summed E-state index contributed by atoms with van der Waals surface area (Å²) in [5.41, 5.74) is 6.97. The summed E-state index contributed by atoms with van der Waals surface area (Å²) in [6.07, 6.45) is 0.974. The number of nitrogens with one attached hydrogen (secondary N) is 1. The molecule has 0 saturated carbocycles. The zero-order valence-electron chi connectivity index (χ0n) is 12.4. The van der Waals surface area contributed by atoms with Gasteiger partial charge in [0.1, 0.15) is 0 Å². The Kier molecular flexibility index (Phi) is 6.02. The number of nitrogens with zero attached hydrogens (tertiary/aromatic N) is 2. The number of rotatable bonds is 5. The molecule has 0 aromatic heterocycles. The molecule has 5 nitrogen and oxygen atoms in total. The van der Waals surface area contributed by atoms with E-state index >= 15 is 0 Å². The van der Waals surface area contributed by atoms with Crippen LogP contribution in [0.15, 0.2) is 22.7 Å². The quantitative estimate of drug-likeness (QED) is 0.619. The molecule has 1 heterocycles. The van der Waals surface area contributed by atoms with Gasteiger partial charge in [-0.05, 0) is 54.1 Å². The molecule has 116 valence electrons. The van der Waals surface area contributed by atoms with Crippen molar-refractivity contribution in [1.82, 2.24) is 15.1 Å². The highest BCUT2D eigenvalue weighted by Gasteiger charge is 2.13. The van der Waals surface area contributed by atoms with Crippen molar-refractivity contribution in [3.8, 4) is 0 Å². The predicted molar refractivity (Wildman–Crippen MR) is 89.4 cm³/mol. The van der Waals surface area contributed by atoms with Crippen LogP contribution in [0.1, 0.15) is 16.8 Å². The highest BCUT2D eigenvalue weighted by molar-refractivity contribution is 9.10.